The molecule has 1 atom stereocenters. The predicted molar refractivity (Wildman–Crippen MR) is 121 cm³/mol. The average Bonchev–Trinajstić information content (AvgIpc) is 2.54. The monoisotopic (exact) mass is 441 g/mol. The fraction of sp³-hybridized carbons (Fsp3) is 0.667. The smallest absolute Gasteiger partial charge is 0.242 e. The van der Waals surface area contributed by atoms with Crippen LogP contribution in [0, 0.1) is 5.41 Å². The van der Waals surface area contributed by atoms with Gasteiger partial charge in [-0.05, 0) is 44.5 Å². The van der Waals surface area contributed by atoms with E-state index in [0.29, 0.717) is 11.9 Å². The molecule has 1 aromatic heterocycles. The number of carbonyl (C=O) groups is 1. The fourth-order valence-electron chi connectivity index (χ4n) is 2.88. The molecule has 158 valence electrons. The van der Waals surface area contributed by atoms with Crippen LogP contribution in [0.25, 0.3) is 0 Å². The molecule has 1 aliphatic rings. The molecule has 0 aromatic carbocycles. The van der Waals surface area contributed by atoms with Crippen LogP contribution in [0.1, 0.15) is 33.6 Å². The molecule has 1 aliphatic heterocycles. The number of anilines is 2. The lowest BCUT2D eigenvalue weighted by Crippen LogP contribution is -2.45. The summed E-state index contributed by atoms with van der Waals surface area (Å²) in [6.07, 6.45) is 4.14. The van der Waals surface area contributed by atoms with E-state index in [2.05, 4.69) is 34.2 Å². The summed E-state index contributed by atoms with van der Waals surface area (Å²) >= 11 is 0. The lowest BCUT2D eigenvalue weighted by atomic mass is 9.87. The third-order valence-electron chi connectivity index (χ3n) is 4.77. The van der Waals surface area contributed by atoms with Gasteiger partial charge < -0.3 is 20.9 Å². The standard InChI is InChI=1S/C18H31N5O.3ClH/c1-18(2,3)16(19)17(24)21-15-7-6-14(12-20-15)23-10-8-13(9-11-23)22(4)5;;;/h6-7,12-13,16H,8-11,19H2,1-5H3,(H,20,21,24);3*1H/t16-;;;/m1.../s1. The van der Waals surface area contributed by atoms with Gasteiger partial charge in [0, 0.05) is 19.1 Å². The normalized spacial score (nSPS) is 15.9. The van der Waals surface area contributed by atoms with Crippen LogP contribution < -0.4 is 16.0 Å². The van der Waals surface area contributed by atoms with E-state index in [1.165, 1.54) is 0 Å². The number of nitrogens with two attached hydrogens (primary N) is 1. The average molecular weight is 443 g/mol. The van der Waals surface area contributed by atoms with E-state index < -0.39 is 6.04 Å². The number of nitrogens with one attached hydrogen (secondary N) is 1. The van der Waals surface area contributed by atoms with Crippen LogP contribution in [0.3, 0.4) is 0 Å². The van der Waals surface area contributed by atoms with Crippen molar-refractivity contribution in [3.8, 4) is 0 Å². The van der Waals surface area contributed by atoms with Gasteiger partial charge in [0.05, 0.1) is 17.9 Å². The second kappa shape index (κ2) is 11.9. The highest BCUT2D eigenvalue weighted by molar-refractivity contribution is 5.94. The first-order valence-corrected chi connectivity index (χ1v) is 8.62. The maximum absolute atomic E-state index is 12.2. The van der Waals surface area contributed by atoms with Crippen molar-refractivity contribution >= 4 is 54.6 Å². The highest BCUT2D eigenvalue weighted by atomic mass is 35.5. The van der Waals surface area contributed by atoms with Gasteiger partial charge in [-0.2, -0.15) is 0 Å². The SMILES string of the molecule is CN(C)C1CCN(c2ccc(NC(=O)[C@@H](N)C(C)(C)C)nc2)CC1.Cl.Cl.Cl. The molecule has 1 amide bonds. The molecule has 0 spiro atoms. The summed E-state index contributed by atoms with van der Waals surface area (Å²) in [4.78, 5) is 21.2. The molecule has 0 unspecified atom stereocenters. The fourth-order valence-corrected chi connectivity index (χ4v) is 2.88. The van der Waals surface area contributed by atoms with Crippen LogP contribution >= 0.6 is 37.2 Å². The van der Waals surface area contributed by atoms with E-state index in [1.54, 1.807) is 0 Å². The van der Waals surface area contributed by atoms with E-state index in [1.807, 2.05) is 39.1 Å². The lowest BCUT2D eigenvalue weighted by Gasteiger charge is -2.36. The number of aromatic nitrogens is 1. The molecular formula is C18H34Cl3N5O. The molecule has 1 aromatic rings. The Bertz CT molecular complexity index is 555. The van der Waals surface area contributed by atoms with Gasteiger partial charge in [0.1, 0.15) is 5.82 Å². The molecule has 1 saturated heterocycles. The molecule has 2 heterocycles. The number of hydrogen-bond acceptors (Lipinski definition) is 5. The minimum absolute atomic E-state index is 0. The quantitative estimate of drug-likeness (QED) is 0.749. The Labute approximate surface area is 181 Å². The van der Waals surface area contributed by atoms with Crippen molar-refractivity contribution in [2.24, 2.45) is 11.1 Å². The van der Waals surface area contributed by atoms with E-state index >= 15 is 0 Å². The lowest BCUT2D eigenvalue weighted by molar-refractivity contribution is -0.119. The molecule has 27 heavy (non-hydrogen) atoms. The Hall–Kier alpha value is -0.790. The van der Waals surface area contributed by atoms with Crippen LogP contribution in [0.2, 0.25) is 0 Å². The van der Waals surface area contributed by atoms with Crippen molar-refractivity contribution in [1.29, 1.82) is 0 Å². The number of hydrogen-bond donors (Lipinski definition) is 2. The maximum atomic E-state index is 12.2. The summed E-state index contributed by atoms with van der Waals surface area (Å²) in [5, 5.41) is 2.80. The Kier molecular flexibility index (Phi) is 12.5. The summed E-state index contributed by atoms with van der Waals surface area (Å²) in [6.45, 7) is 7.91. The highest BCUT2D eigenvalue weighted by Crippen LogP contribution is 2.23. The summed E-state index contributed by atoms with van der Waals surface area (Å²) in [6, 6.07) is 3.96. The zero-order valence-electron chi connectivity index (χ0n) is 16.8. The van der Waals surface area contributed by atoms with E-state index in [4.69, 9.17) is 5.73 Å². The number of pyridine rings is 1. The van der Waals surface area contributed by atoms with Gasteiger partial charge in [-0.15, -0.1) is 37.2 Å². The van der Waals surface area contributed by atoms with Crippen molar-refractivity contribution in [2.45, 2.75) is 45.7 Å². The Morgan fingerprint density at radius 2 is 1.78 bits per heavy atom. The molecule has 0 saturated carbocycles. The largest absolute Gasteiger partial charge is 0.370 e. The van der Waals surface area contributed by atoms with Crippen molar-refractivity contribution in [3.63, 3.8) is 0 Å². The third kappa shape index (κ3) is 8.00. The van der Waals surface area contributed by atoms with E-state index in [-0.39, 0.29) is 48.5 Å². The Balaban J connectivity index is 0. The van der Waals surface area contributed by atoms with Crippen molar-refractivity contribution in [1.82, 2.24) is 9.88 Å². The van der Waals surface area contributed by atoms with Crippen molar-refractivity contribution < 1.29 is 4.79 Å². The second-order valence-corrected chi connectivity index (χ2v) is 7.92. The van der Waals surface area contributed by atoms with Gasteiger partial charge >= 0.3 is 0 Å². The second-order valence-electron chi connectivity index (χ2n) is 7.92. The van der Waals surface area contributed by atoms with Crippen LogP contribution in [-0.4, -0.2) is 55.1 Å². The molecule has 3 N–H and O–H groups in total. The number of carbonyl (C=O) groups excluding carboxylic acids is 1. The van der Waals surface area contributed by atoms with Gasteiger partial charge in [0.25, 0.3) is 0 Å². The van der Waals surface area contributed by atoms with Gasteiger partial charge in [-0.25, -0.2) is 4.98 Å². The first-order valence-electron chi connectivity index (χ1n) is 8.62. The zero-order chi connectivity index (χ0) is 17.9. The minimum Gasteiger partial charge on any atom is -0.370 e. The number of halogens is 3. The molecule has 0 bridgehead atoms. The number of rotatable bonds is 4. The topological polar surface area (TPSA) is 74.5 Å². The molecule has 0 aliphatic carbocycles. The molecule has 2 rings (SSSR count). The summed E-state index contributed by atoms with van der Waals surface area (Å²) < 4.78 is 0. The predicted octanol–water partition coefficient (Wildman–Crippen LogP) is 3.19. The summed E-state index contributed by atoms with van der Waals surface area (Å²) in [5.74, 6) is 0.348. The molecule has 9 heteroatoms. The molecule has 6 nitrogen and oxygen atoms in total. The number of nitrogens with zero attached hydrogens (tertiary/aromatic N) is 3. The van der Waals surface area contributed by atoms with Gasteiger partial charge in [-0.1, -0.05) is 20.8 Å². The van der Waals surface area contributed by atoms with Crippen molar-refractivity contribution in [3.05, 3.63) is 18.3 Å². The van der Waals surface area contributed by atoms with Gasteiger partial charge in [0.2, 0.25) is 5.91 Å². The van der Waals surface area contributed by atoms with Gasteiger partial charge in [-0.3, -0.25) is 4.79 Å². The molecule has 1 fully saturated rings. The number of piperidine rings is 1. The summed E-state index contributed by atoms with van der Waals surface area (Å²) in [5.41, 5.74) is 6.80. The van der Waals surface area contributed by atoms with Crippen LogP contribution in [0.15, 0.2) is 18.3 Å². The van der Waals surface area contributed by atoms with Crippen LogP contribution in [-0.2, 0) is 4.79 Å². The zero-order valence-corrected chi connectivity index (χ0v) is 19.2. The Morgan fingerprint density at radius 1 is 1.22 bits per heavy atom. The van der Waals surface area contributed by atoms with Crippen LogP contribution in [0.4, 0.5) is 11.5 Å². The van der Waals surface area contributed by atoms with Crippen LogP contribution in [0.5, 0.6) is 0 Å². The van der Waals surface area contributed by atoms with Crippen molar-refractivity contribution in [2.75, 3.05) is 37.4 Å². The first kappa shape index (κ1) is 28.4. The minimum atomic E-state index is -0.566. The molecule has 0 radical (unpaired) electrons. The first-order chi connectivity index (χ1) is 11.2. The highest BCUT2D eigenvalue weighted by Gasteiger charge is 2.27. The number of amides is 1. The van der Waals surface area contributed by atoms with E-state index in [9.17, 15) is 4.79 Å². The Morgan fingerprint density at radius 3 is 2.19 bits per heavy atom. The molecular weight excluding hydrogens is 409 g/mol. The van der Waals surface area contributed by atoms with E-state index in [0.717, 1.165) is 31.6 Å². The van der Waals surface area contributed by atoms with Gasteiger partial charge in [0.15, 0.2) is 0 Å². The maximum Gasteiger partial charge on any atom is 0.242 e. The third-order valence-corrected chi connectivity index (χ3v) is 4.77. The summed E-state index contributed by atoms with van der Waals surface area (Å²) in [7, 11) is 4.28.